The van der Waals surface area contributed by atoms with Gasteiger partial charge in [-0.3, -0.25) is 13.9 Å². The second-order valence-corrected chi connectivity index (χ2v) is 10.6. The molecule has 1 saturated carbocycles. The number of nitrogens with zero attached hydrogens (tertiary/aromatic N) is 2. The van der Waals surface area contributed by atoms with Crippen LogP contribution in [0.1, 0.15) is 38.2 Å². The second-order valence-electron chi connectivity index (χ2n) is 8.64. The Hall–Kier alpha value is -3.07. The zero-order valence-electron chi connectivity index (χ0n) is 19.9. The van der Waals surface area contributed by atoms with Gasteiger partial charge in [0.05, 0.1) is 19.1 Å². The predicted molar refractivity (Wildman–Crippen MR) is 132 cm³/mol. The Balaban J connectivity index is 1.86. The summed E-state index contributed by atoms with van der Waals surface area (Å²) in [6, 6.07) is 15.2. The first kappa shape index (κ1) is 25.6. The van der Waals surface area contributed by atoms with Gasteiger partial charge < -0.3 is 15.0 Å². The van der Waals surface area contributed by atoms with Crippen molar-refractivity contribution in [3.8, 4) is 5.75 Å². The molecule has 1 N–H and O–H groups in total. The predicted octanol–water partition coefficient (Wildman–Crippen LogP) is 2.94. The number of methoxy groups -OCH3 is 1. The minimum Gasteiger partial charge on any atom is -0.497 e. The van der Waals surface area contributed by atoms with Crippen LogP contribution in [0, 0.1) is 0 Å². The molecule has 1 atom stereocenters. The van der Waals surface area contributed by atoms with Crippen LogP contribution in [0.4, 0.5) is 5.69 Å². The second kappa shape index (κ2) is 11.4. The van der Waals surface area contributed by atoms with Gasteiger partial charge in [-0.2, -0.15) is 0 Å². The molecule has 2 aromatic rings. The van der Waals surface area contributed by atoms with Crippen molar-refractivity contribution in [1.29, 1.82) is 0 Å². The molecule has 0 aliphatic heterocycles. The molecule has 3 rings (SSSR count). The van der Waals surface area contributed by atoms with Gasteiger partial charge in [-0.25, -0.2) is 8.42 Å². The maximum Gasteiger partial charge on any atom is 0.244 e. The summed E-state index contributed by atoms with van der Waals surface area (Å²) >= 11 is 0. The highest BCUT2D eigenvalue weighted by atomic mass is 32.2. The summed E-state index contributed by atoms with van der Waals surface area (Å²) in [7, 11) is -2.29. The van der Waals surface area contributed by atoms with Crippen molar-refractivity contribution < 1.29 is 22.7 Å². The number of anilines is 1. The highest BCUT2D eigenvalue weighted by Gasteiger charge is 2.31. The van der Waals surface area contributed by atoms with E-state index in [-0.39, 0.29) is 18.5 Å². The molecule has 9 heteroatoms. The maximum atomic E-state index is 13.5. The van der Waals surface area contributed by atoms with Crippen LogP contribution in [0.15, 0.2) is 54.6 Å². The average molecular weight is 488 g/mol. The topological polar surface area (TPSA) is 96.0 Å². The fourth-order valence-electron chi connectivity index (χ4n) is 4.13. The number of sulfonamides is 1. The lowest BCUT2D eigenvalue weighted by molar-refractivity contribution is -0.139. The van der Waals surface area contributed by atoms with E-state index in [9.17, 15) is 18.0 Å². The molecular formula is C25H33N3O5S. The number of rotatable bonds is 10. The molecule has 1 unspecified atom stereocenters. The molecule has 0 spiro atoms. The maximum absolute atomic E-state index is 13.5. The number of carbonyl (C=O) groups excluding carboxylic acids is 2. The fourth-order valence-corrected chi connectivity index (χ4v) is 4.98. The minimum absolute atomic E-state index is 0.118. The summed E-state index contributed by atoms with van der Waals surface area (Å²) in [5.74, 6) is -0.223. The van der Waals surface area contributed by atoms with Crippen molar-refractivity contribution >= 4 is 27.5 Å². The summed E-state index contributed by atoms with van der Waals surface area (Å²) in [5.41, 5.74) is 1.17. The number of ether oxygens (including phenoxy) is 1. The van der Waals surface area contributed by atoms with Gasteiger partial charge in [0.15, 0.2) is 0 Å². The molecule has 0 radical (unpaired) electrons. The third-order valence-electron chi connectivity index (χ3n) is 6.09. The van der Waals surface area contributed by atoms with Gasteiger partial charge in [-0.15, -0.1) is 0 Å². The molecule has 0 heterocycles. The number of hydrogen-bond acceptors (Lipinski definition) is 5. The largest absolute Gasteiger partial charge is 0.497 e. The summed E-state index contributed by atoms with van der Waals surface area (Å²) in [5, 5.41) is 3.05. The molecule has 1 fully saturated rings. The Bertz CT molecular complexity index is 1080. The van der Waals surface area contributed by atoms with Crippen molar-refractivity contribution in [2.24, 2.45) is 0 Å². The van der Waals surface area contributed by atoms with Gasteiger partial charge in [0.2, 0.25) is 21.8 Å². The van der Waals surface area contributed by atoms with Gasteiger partial charge in [0.1, 0.15) is 18.3 Å². The SMILES string of the molecule is COc1cccc(N(CC(=O)N(Cc2ccccc2)C(C)C(=O)NC2CCCC2)S(C)(=O)=O)c1. The summed E-state index contributed by atoms with van der Waals surface area (Å²) < 4.78 is 31.5. The van der Waals surface area contributed by atoms with Crippen molar-refractivity contribution in [1.82, 2.24) is 10.2 Å². The fraction of sp³-hybridized carbons (Fsp3) is 0.440. The van der Waals surface area contributed by atoms with Crippen LogP contribution in [0.5, 0.6) is 5.75 Å². The standard InChI is InChI=1S/C25H33N3O5S/c1-19(25(30)26-21-12-7-8-13-21)27(17-20-10-5-4-6-11-20)24(29)18-28(34(3,31)32)22-14-9-15-23(16-22)33-2/h4-6,9-11,14-16,19,21H,7-8,12-13,17-18H2,1-3H3,(H,26,30). The van der Waals surface area contributed by atoms with E-state index in [1.165, 1.54) is 12.0 Å². The Labute approximate surface area is 201 Å². The van der Waals surface area contributed by atoms with Crippen LogP contribution < -0.4 is 14.4 Å². The van der Waals surface area contributed by atoms with Gasteiger partial charge in [-0.05, 0) is 37.5 Å². The first-order valence-corrected chi connectivity index (χ1v) is 13.3. The lowest BCUT2D eigenvalue weighted by Gasteiger charge is -2.32. The van der Waals surface area contributed by atoms with E-state index in [1.807, 2.05) is 30.3 Å². The van der Waals surface area contributed by atoms with Gasteiger partial charge in [0.25, 0.3) is 0 Å². The number of nitrogens with one attached hydrogen (secondary N) is 1. The Morgan fingerprint density at radius 3 is 2.38 bits per heavy atom. The number of amides is 2. The van der Waals surface area contributed by atoms with Gasteiger partial charge in [0, 0.05) is 18.7 Å². The number of benzene rings is 2. The van der Waals surface area contributed by atoms with Crippen LogP contribution in [0.2, 0.25) is 0 Å². The third kappa shape index (κ3) is 6.72. The zero-order valence-corrected chi connectivity index (χ0v) is 20.8. The van der Waals surface area contributed by atoms with Crippen molar-refractivity contribution in [2.75, 3.05) is 24.2 Å². The Kier molecular flexibility index (Phi) is 8.55. The van der Waals surface area contributed by atoms with E-state index in [1.54, 1.807) is 31.2 Å². The summed E-state index contributed by atoms with van der Waals surface area (Å²) in [4.78, 5) is 28.0. The van der Waals surface area contributed by atoms with Crippen LogP contribution >= 0.6 is 0 Å². The molecule has 0 bridgehead atoms. The van der Waals surface area contributed by atoms with Crippen LogP contribution in [0.3, 0.4) is 0 Å². The molecule has 0 saturated heterocycles. The van der Waals surface area contributed by atoms with E-state index in [0.29, 0.717) is 11.4 Å². The lowest BCUT2D eigenvalue weighted by atomic mass is 10.1. The quantitative estimate of drug-likeness (QED) is 0.556. The first-order chi connectivity index (χ1) is 16.2. The Morgan fingerprint density at radius 1 is 1.09 bits per heavy atom. The molecule has 0 aromatic heterocycles. The molecule has 1 aliphatic rings. The number of hydrogen-bond donors (Lipinski definition) is 1. The summed E-state index contributed by atoms with van der Waals surface area (Å²) in [6.45, 7) is 1.44. The van der Waals surface area contributed by atoms with E-state index in [2.05, 4.69) is 5.32 Å². The number of carbonyl (C=O) groups is 2. The smallest absolute Gasteiger partial charge is 0.244 e. The Morgan fingerprint density at radius 2 is 1.76 bits per heavy atom. The highest BCUT2D eigenvalue weighted by Crippen LogP contribution is 2.24. The van der Waals surface area contributed by atoms with Crippen molar-refractivity contribution in [2.45, 2.75) is 51.2 Å². The monoisotopic (exact) mass is 487 g/mol. The molecule has 2 aromatic carbocycles. The zero-order chi connectivity index (χ0) is 24.7. The molecule has 1 aliphatic carbocycles. The highest BCUT2D eigenvalue weighted by molar-refractivity contribution is 7.92. The van der Waals surface area contributed by atoms with Gasteiger partial charge in [-0.1, -0.05) is 49.2 Å². The van der Waals surface area contributed by atoms with Crippen molar-refractivity contribution in [3.63, 3.8) is 0 Å². The van der Waals surface area contributed by atoms with E-state index in [4.69, 9.17) is 4.74 Å². The molecule has 2 amide bonds. The minimum atomic E-state index is -3.78. The normalized spacial score (nSPS) is 14.9. The van der Waals surface area contributed by atoms with Crippen LogP contribution in [0.25, 0.3) is 0 Å². The first-order valence-electron chi connectivity index (χ1n) is 11.4. The molecule has 8 nitrogen and oxygen atoms in total. The van der Waals surface area contributed by atoms with Crippen LogP contribution in [-0.2, 0) is 26.2 Å². The molecular weight excluding hydrogens is 454 g/mol. The third-order valence-corrected chi connectivity index (χ3v) is 7.23. The van der Waals surface area contributed by atoms with Gasteiger partial charge >= 0.3 is 0 Å². The van der Waals surface area contributed by atoms with Crippen molar-refractivity contribution in [3.05, 3.63) is 60.2 Å². The molecule has 34 heavy (non-hydrogen) atoms. The average Bonchev–Trinajstić information content (AvgIpc) is 3.33. The lowest BCUT2D eigenvalue weighted by Crippen LogP contribution is -2.52. The molecule has 184 valence electrons. The van der Waals surface area contributed by atoms with E-state index in [0.717, 1.165) is 41.8 Å². The summed E-state index contributed by atoms with van der Waals surface area (Å²) in [6.07, 6.45) is 5.08. The van der Waals surface area contributed by atoms with E-state index < -0.39 is 28.5 Å². The van der Waals surface area contributed by atoms with Crippen LogP contribution in [-0.4, -0.2) is 57.1 Å². The van der Waals surface area contributed by atoms with E-state index >= 15 is 0 Å².